The molecule has 0 saturated carbocycles. The van der Waals surface area contributed by atoms with Crippen molar-refractivity contribution in [2.45, 2.75) is 58.1 Å². The molecule has 1 rings (SSSR count). The Morgan fingerprint density at radius 3 is 2.48 bits per heavy atom. The molecule has 6 heteroatoms. The number of ether oxygens (including phenoxy) is 1. The highest BCUT2D eigenvalue weighted by molar-refractivity contribution is 6.02. The molecule has 0 aromatic rings. The number of rotatable bonds is 4. The van der Waals surface area contributed by atoms with Crippen LogP contribution in [0.1, 0.15) is 47.0 Å². The molecule has 2 unspecified atom stereocenters. The number of carboxylic acid groups (broad SMARTS) is 1. The van der Waals surface area contributed by atoms with Crippen LogP contribution in [0.5, 0.6) is 0 Å². The molecule has 0 spiro atoms. The number of amides is 2. The summed E-state index contributed by atoms with van der Waals surface area (Å²) < 4.78 is 5.20. The Hall–Kier alpha value is -1.85. The molecule has 0 radical (unpaired) electrons. The molecule has 0 aromatic heterocycles. The van der Waals surface area contributed by atoms with Gasteiger partial charge in [0.1, 0.15) is 5.60 Å². The van der Waals surface area contributed by atoms with Gasteiger partial charge >= 0.3 is 12.1 Å². The normalized spacial score (nSPS) is 25.8. The van der Waals surface area contributed by atoms with Crippen molar-refractivity contribution in [3.8, 4) is 0 Å². The number of carbonyl (C=O) groups is 3. The average Bonchev–Trinajstić information content (AvgIpc) is 2.62. The first-order valence-electron chi connectivity index (χ1n) is 7.00. The van der Waals surface area contributed by atoms with Gasteiger partial charge in [-0.25, -0.2) is 14.5 Å². The van der Waals surface area contributed by atoms with Crippen LogP contribution in [0.25, 0.3) is 0 Å². The van der Waals surface area contributed by atoms with Crippen LogP contribution in [-0.2, 0) is 14.3 Å². The summed E-state index contributed by atoms with van der Waals surface area (Å²) in [6.45, 7) is 10.2. The molecule has 0 bridgehead atoms. The van der Waals surface area contributed by atoms with E-state index in [1.165, 1.54) is 0 Å². The lowest BCUT2D eigenvalue weighted by Gasteiger charge is -2.33. The summed E-state index contributed by atoms with van der Waals surface area (Å²) in [6.07, 6.45) is 1.23. The van der Waals surface area contributed by atoms with Gasteiger partial charge in [-0.15, -0.1) is 6.58 Å². The number of nitrogens with zero attached hydrogens (tertiary/aromatic N) is 1. The fourth-order valence-corrected chi connectivity index (χ4v) is 2.57. The summed E-state index contributed by atoms with van der Waals surface area (Å²) in [7, 11) is 0. The Kier molecular flexibility index (Phi) is 4.81. The van der Waals surface area contributed by atoms with Crippen LogP contribution in [0, 0.1) is 5.92 Å². The van der Waals surface area contributed by atoms with Crippen molar-refractivity contribution in [1.82, 2.24) is 4.90 Å². The molecule has 21 heavy (non-hydrogen) atoms. The number of allylic oxidation sites excluding steroid dienone is 1. The van der Waals surface area contributed by atoms with Gasteiger partial charge in [0.15, 0.2) is 5.54 Å². The predicted molar refractivity (Wildman–Crippen MR) is 76.7 cm³/mol. The predicted octanol–water partition coefficient (Wildman–Crippen LogP) is 2.58. The largest absolute Gasteiger partial charge is 0.479 e. The lowest BCUT2D eigenvalue weighted by atomic mass is 9.88. The van der Waals surface area contributed by atoms with E-state index in [9.17, 15) is 19.5 Å². The minimum Gasteiger partial charge on any atom is -0.479 e. The number of hydrogen-bond donors (Lipinski definition) is 1. The molecular weight excluding hydrogens is 274 g/mol. The Labute approximate surface area is 124 Å². The second kappa shape index (κ2) is 5.87. The molecule has 1 saturated heterocycles. The van der Waals surface area contributed by atoms with Crippen LogP contribution in [0.3, 0.4) is 0 Å². The van der Waals surface area contributed by atoms with E-state index in [0.29, 0.717) is 6.42 Å². The third-order valence-corrected chi connectivity index (χ3v) is 3.59. The fraction of sp³-hybridized carbons (Fsp3) is 0.667. The highest BCUT2D eigenvalue weighted by Crippen LogP contribution is 2.39. The van der Waals surface area contributed by atoms with Crippen molar-refractivity contribution in [3.05, 3.63) is 12.7 Å². The summed E-state index contributed by atoms with van der Waals surface area (Å²) in [6, 6.07) is 0. The van der Waals surface area contributed by atoms with Crippen LogP contribution >= 0.6 is 0 Å². The van der Waals surface area contributed by atoms with Gasteiger partial charge in [-0.05, 0) is 40.0 Å². The van der Waals surface area contributed by atoms with Crippen LogP contribution in [0.4, 0.5) is 4.79 Å². The van der Waals surface area contributed by atoms with Gasteiger partial charge in [0, 0.05) is 5.92 Å². The molecule has 2 amide bonds. The van der Waals surface area contributed by atoms with Crippen LogP contribution < -0.4 is 0 Å². The van der Waals surface area contributed by atoms with Gasteiger partial charge < -0.3 is 9.84 Å². The summed E-state index contributed by atoms with van der Waals surface area (Å²) in [5.41, 5.74) is -2.33. The van der Waals surface area contributed by atoms with E-state index in [0.717, 1.165) is 4.90 Å². The van der Waals surface area contributed by atoms with Crippen LogP contribution in [0.15, 0.2) is 12.7 Å². The number of imide groups is 1. The summed E-state index contributed by atoms with van der Waals surface area (Å²) in [5, 5.41) is 9.56. The van der Waals surface area contributed by atoms with E-state index in [1.54, 1.807) is 33.8 Å². The molecule has 1 N–H and O–H groups in total. The van der Waals surface area contributed by atoms with E-state index in [4.69, 9.17) is 4.74 Å². The van der Waals surface area contributed by atoms with Crippen LogP contribution in [0.2, 0.25) is 0 Å². The number of hydrogen-bond acceptors (Lipinski definition) is 4. The van der Waals surface area contributed by atoms with E-state index in [1.807, 2.05) is 0 Å². The van der Waals surface area contributed by atoms with Gasteiger partial charge in [-0.1, -0.05) is 13.0 Å². The Morgan fingerprint density at radius 2 is 2.10 bits per heavy atom. The highest BCUT2D eigenvalue weighted by Gasteiger charge is 2.58. The Balaban J connectivity index is 3.21. The van der Waals surface area contributed by atoms with E-state index in [-0.39, 0.29) is 12.8 Å². The number of carboxylic acids is 1. The first-order valence-corrected chi connectivity index (χ1v) is 7.00. The van der Waals surface area contributed by atoms with Crippen molar-refractivity contribution < 1.29 is 24.2 Å². The summed E-state index contributed by atoms with van der Waals surface area (Å²) in [4.78, 5) is 37.2. The molecule has 118 valence electrons. The smallest absolute Gasteiger partial charge is 0.418 e. The second-order valence-corrected chi connectivity index (χ2v) is 6.27. The molecule has 2 atom stereocenters. The summed E-state index contributed by atoms with van der Waals surface area (Å²) in [5.74, 6) is -2.24. The molecule has 0 aromatic carbocycles. The average molecular weight is 297 g/mol. The Morgan fingerprint density at radius 1 is 1.52 bits per heavy atom. The zero-order valence-electron chi connectivity index (χ0n) is 13.0. The van der Waals surface area contributed by atoms with Gasteiger partial charge in [0.2, 0.25) is 5.91 Å². The third-order valence-electron chi connectivity index (χ3n) is 3.59. The number of likely N-dealkylation sites (tertiary alicyclic amines) is 1. The minimum atomic E-state index is -1.53. The number of aliphatic carboxylic acids is 1. The van der Waals surface area contributed by atoms with Gasteiger partial charge in [0.05, 0.1) is 0 Å². The third kappa shape index (κ3) is 3.25. The van der Waals surface area contributed by atoms with E-state index in [2.05, 4.69) is 6.58 Å². The van der Waals surface area contributed by atoms with Gasteiger partial charge in [0.25, 0.3) is 0 Å². The zero-order chi connectivity index (χ0) is 16.4. The van der Waals surface area contributed by atoms with Gasteiger partial charge in [-0.3, -0.25) is 4.79 Å². The lowest BCUT2D eigenvalue weighted by Crippen LogP contribution is -2.55. The van der Waals surface area contributed by atoms with Crippen molar-refractivity contribution in [1.29, 1.82) is 0 Å². The highest BCUT2D eigenvalue weighted by atomic mass is 16.6. The maximum Gasteiger partial charge on any atom is 0.418 e. The Bertz CT molecular complexity index is 465. The van der Waals surface area contributed by atoms with Crippen molar-refractivity contribution in [3.63, 3.8) is 0 Å². The molecule has 6 nitrogen and oxygen atoms in total. The lowest BCUT2D eigenvalue weighted by molar-refractivity contribution is -0.153. The van der Waals surface area contributed by atoms with Crippen molar-refractivity contribution in [2.24, 2.45) is 5.92 Å². The molecule has 1 aliphatic rings. The molecule has 1 fully saturated rings. The standard InChI is InChI=1S/C15H23NO5/c1-6-8-10-9-15(7-2,12(18)19)16(11(10)17)13(20)21-14(3,4)5/h6,10H,1,7-9H2,2-5H3,(H,18,19). The quantitative estimate of drug-likeness (QED) is 0.806. The monoisotopic (exact) mass is 297 g/mol. The second-order valence-electron chi connectivity index (χ2n) is 6.27. The van der Waals surface area contributed by atoms with Crippen molar-refractivity contribution >= 4 is 18.0 Å². The zero-order valence-corrected chi connectivity index (χ0v) is 13.0. The summed E-state index contributed by atoms with van der Waals surface area (Å²) >= 11 is 0. The molecule has 1 heterocycles. The molecule has 0 aliphatic carbocycles. The minimum absolute atomic E-state index is 0.0862. The van der Waals surface area contributed by atoms with Gasteiger partial charge in [-0.2, -0.15) is 0 Å². The first-order chi connectivity index (χ1) is 9.59. The van der Waals surface area contributed by atoms with Crippen LogP contribution in [-0.4, -0.2) is 39.1 Å². The number of carbonyl (C=O) groups excluding carboxylic acids is 2. The molecule has 1 aliphatic heterocycles. The maximum atomic E-state index is 12.4. The molecular formula is C15H23NO5. The van der Waals surface area contributed by atoms with Crippen molar-refractivity contribution in [2.75, 3.05) is 0 Å². The SMILES string of the molecule is C=CCC1CC(CC)(C(=O)O)N(C(=O)OC(C)(C)C)C1=O. The fourth-order valence-electron chi connectivity index (χ4n) is 2.57. The maximum absolute atomic E-state index is 12.4. The van der Waals surface area contributed by atoms with E-state index >= 15 is 0 Å². The first kappa shape index (κ1) is 17.2. The van der Waals surface area contributed by atoms with E-state index < -0.39 is 35.0 Å². The topological polar surface area (TPSA) is 83.9 Å².